The maximum absolute atomic E-state index is 11.8. The highest BCUT2D eigenvalue weighted by Crippen LogP contribution is 2.15. The number of hydrogen-bond acceptors (Lipinski definition) is 2. The van der Waals surface area contributed by atoms with Gasteiger partial charge in [-0.25, -0.2) is 0 Å². The molecule has 0 aromatic heterocycles. The quantitative estimate of drug-likeness (QED) is 0.637. The Balaban J connectivity index is 2.44. The Morgan fingerprint density at radius 1 is 1.50 bits per heavy atom. The van der Waals surface area contributed by atoms with E-state index in [-0.39, 0.29) is 12.3 Å². The minimum absolute atomic E-state index is 0.0954. The first-order chi connectivity index (χ1) is 6.39. The summed E-state index contributed by atoms with van der Waals surface area (Å²) in [5, 5.41) is 4.22. The normalized spacial score (nSPS) is 22.8. The van der Waals surface area contributed by atoms with Gasteiger partial charge in [0.15, 0.2) is 0 Å². The van der Waals surface area contributed by atoms with Gasteiger partial charge >= 0.3 is 12.1 Å². The fraction of sp³-hybridized carbons (Fsp3) is 0.714. The zero-order valence-electron chi connectivity index (χ0n) is 7.15. The van der Waals surface area contributed by atoms with E-state index >= 15 is 0 Å². The zero-order valence-corrected chi connectivity index (χ0v) is 7.15. The van der Waals surface area contributed by atoms with Crippen molar-refractivity contribution in [1.82, 2.24) is 10.6 Å². The second-order valence-electron chi connectivity index (χ2n) is 3.01. The van der Waals surface area contributed by atoms with Crippen molar-refractivity contribution in [2.75, 3.05) is 6.54 Å². The predicted molar refractivity (Wildman–Crippen MR) is 40.2 cm³/mol. The number of rotatable bonds is 1. The Kier molecular flexibility index (Phi) is 2.97. The molecule has 0 bridgehead atoms. The van der Waals surface area contributed by atoms with Gasteiger partial charge in [-0.05, 0) is 6.42 Å². The van der Waals surface area contributed by atoms with Crippen LogP contribution in [0.2, 0.25) is 0 Å². The summed E-state index contributed by atoms with van der Waals surface area (Å²) in [6.07, 6.45) is -4.65. The molecule has 0 aliphatic carbocycles. The fourth-order valence-corrected chi connectivity index (χ4v) is 1.17. The van der Waals surface area contributed by atoms with Gasteiger partial charge in [-0.2, -0.15) is 13.2 Å². The first-order valence-corrected chi connectivity index (χ1v) is 4.04. The molecule has 0 aromatic carbocycles. The molecule has 1 fully saturated rings. The molecule has 1 unspecified atom stereocenters. The molecule has 1 saturated heterocycles. The van der Waals surface area contributed by atoms with Crippen LogP contribution in [0.25, 0.3) is 0 Å². The standard InChI is InChI=1S/C7H9F3N2O2/c8-7(9,10)6(14)12-4-1-2-11-5(13)3-4/h4H,1-3H2,(H,11,13)(H,12,14). The van der Waals surface area contributed by atoms with Crippen molar-refractivity contribution in [3.63, 3.8) is 0 Å². The van der Waals surface area contributed by atoms with E-state index in [0.29, 0.717) is 13.0 Å². The second-order valence-corrected chi connectivity index (χ2v) is 3.01. The highest BCUT2D eigenvalue weighted by atomic mass is 19.4. The van der Waals surface area contributed by atoms with Gasteiger partial charge in [0.2, 0.25) is 5.91 Å². The van der Waals surface area contributed by atoms with Crippen molar-refractivity contribution in [1.29, 1.82) is 0 Å². The molecule has 0 aromatic rings. The van der Waals surface area contributed by atoms with Crippen LogP contribution < -0.4 is 10.6 Å². The van der Waals surface area contributed by atoms with Gasteiger partial charge in [0.25, 0.3) is 0 Å². The van der Waals surface area contributed by atoms with Crippen LogP contribution in [0.1, 0.15) is 12.8 Å². The van der Waals surface area contributed by atoms with E-state index in [1.165, 1.54) is 0 Å². The summed E-state index contributed by atoms with van der Waals surface area (Å²) in [6, 6.07) is -0.710. The van der Waals surface area contributed by atoms with Gasteiger partial charge in [0, 0.05) is 19.0 Å². The number of carbonyl (C=O) groups is 2. The largest absolute Gasteiger partial charge is 0.471 e. The number of piperidine rings is 1. The van der Waals surface area contributed by atoms with Crippen LogP contribution in [-0.2, 0) is 9.59 Å². The predicted octanol–water partition coefficient (Wildman–Crippen LogP) is -0.0565. The minimum Gasteiger partial charge on any atom is -0.356 e. The summed E-state index contributed by atoms with van der Waals surface area (Å²) >= 11 is 0. The van der Waals surface area contributed by atoms with Crippen molar-refractivity contribution < 1.29 is 22.8 Å². The average Bonchev–Trinajstić information content (AvgIpc) is 2.02. The summed E-state index contributed by atoms with van der Waals surface area (Å²) < 4.78 is 35.4. The lowest BCUT2D eigenvalue weighted by molar-refractivity contribution is -0.174. The number of nitrogens with one attached hydrogen (secondary N) is 2. The lowest BCUT2D eigenvalue weighted by Crippen LogP contribution is -2.49. The fourth-order valence-electron chi connectivity index (χ4n) is 1.17. The first kappa shape index (κ1) is 10.8. The van der Waals surface area contributed by atoms with E-state index in [9.17, 15) is 22.8 Å². The van der Waals surface area contributed by atoms with Crippen LogP contribution in [0.4, 0.5) is 13.2 Å². The number of hydrogen-bond donors (Lipinski definition) is 2. The molecule has 0 saturated carbocycles. The van der Waals surface area contributed by atoms with Crippen LogP contribution in [0.5, 0.6) is 0 Å². The van der Waals surface area contributed by atoms with Gasteiger partial charge in [0.05, 0.1) is 0 Å². The summed E-state index contributed by atoms with van der Waals surface area (Å²) in [6.45, 7) is 0.293. The van der Waals surface area contributed by atoms with Gasteiger partial charge < -0.3 is 10.6 Å². The Bertz CT molecular complexity index is 252. The van der Waals surface area contributed by atoms with E-state index in [1.54, 1.807) is 5.32 Å². The number of amides is 2. The van der Waals surface area contributed by atoms with E-state index in [4.69, 9.17) is 0 Å². The molecule has 1 aliphatic heterocycles. The van der Waals surface area contributed by atoms with Gasteiger partial charge in [0.1, 0.15) is 0 Å². The average molecular weight is 210 g/mol. The summed E-state index contributed by atoms with van der Waals surface area (Å²) in [7, 11) is 0. The Morgan fingerprint density at radius 3 is 2.64 bits per heavy atom. The third-order valence-corrected chi connectivity index (χ3v) is 1.84. The Hall–Kier alpha value is -1.27. The molecule has 14 heavy (non-hydrogen) atoms. The van der Waals surface area contributed by atoms with Crippen LogP contribution in [0.15, 0.2) is 0 Å². The molecule has 2 N–H and O–H groups in total. The van der Waals surface area contributed by atoms with Crippen molar-refractivity contribution in [3.05, 3.63) is 0 Å². The maximum atomic E-state index is 11.8. The molecule has 1 heterocycles. The molecule has 1 rings (SSSR count). The molecule has 7 heteroatoms. The Morgan fingerprint density at radius 2 is 2.14 bits per heavy atom. The van der Waals surface area contributed by atoms with Crippen molar-refractivity contribution in [3.8, 4) is 0 Å². The monoisotopic (exact) mass is 210 g/mol. The highest BCUT2D eigenvalue weighted by molar-refractivity contribution is 5.83. The molecule has 2 amide bonds. The molecule has 1 aliphatic rings. The summed E-state index contributed by atoms with van der Waals surface area (Å²) in [5.74, 6) is -2.33. The van der Waals surface area contributed by atoms with E-state index in [1.807, 2.05) is 0 Å². The summed E-state index contributed by atoms with van der Waals surface area (Å²) in [4.78, 5) is 21.2. The van der Waals surface area contributed by atoms with Crippen LogP contribution in [0, 0.1) is 0 Å². The van der Waals surface area contributed by atoms with Crippen molar-refractivity contribution >= 4 is 11.8 Å². The van der Waals surface area contributed by atoms with Crippen LogP contribution >= 0.6 is 0 Å². The number of alkyl halides is 3. The van der Waals surface area contributed by atoms with E-state index in [2.05, 4.69) is 5.32 Å². The molecular weight excluding hydrogens is 201 g/mol. The third-order valence-electron chi connectivity index (χ3n) is 1.84. The van der Waals surface area contributed by atoms with Gasteiger partial charge in [-0.3, -0.25) is 9.59 Å². The molecule has 0 spiro atoms. The van der Waals surface area contributed by atoms with Crippen molar-refractivity contribution in [2.24, 2.45) is 0 Å². The number of carbonyl (C=O) groups excluding carboxylic acids is 2. The molecule has 1 atom stereocenters. The number of halogens is 3. The first-order valence-electron chi connectivity index (χ1n) is 4.04. The van der Waals surface area contributed by atoms with Crippen molar-refractivity contribution in [2.45, 2.75) is 25.1 Å². The van der Waals surface area contributed by atoms with Crippen LogP contribution in [0.3, 0.4) is 0 Å². The molecule has 80 valence electrons. The minimum atomic E-state index is -4.88. The zero-order chi connectivity index (χ0) is 10.8. The molecule has 4 nitrogen and oxygen atoms in total. The maximum Gasteiger partial charge on any atom is 0.471 e. The third kappa shape index (κ3) is 2.90. The van der Waals surface area contributed by atoms with E-state index in [0.717, 1.165) is 0 Å². The van der Waals surface area contributed by atoms with Gasteiger partial charge in [-0.1, -0.05) is 0 Å². The lowest BCUT2D eigenvalue weighted by Gasteiger charge is -2.23. The van der Waals surface area contributed by atoms with Crippen LogP contribution in [-0.4, -0.2) is 30.6 Å². The summed E-state index contributed by atoms with van der Waals surface area (Å²) in [5.41, 5.74) is 0. The molecule has 0 radical (unpaired) electrons. The topological polar surface area (TPSA) is 58.2 Å². The Labute approximate surface area is 77.8 Å². The second kappa shape index (κ2) is 3.85. The van der Waals surface area contributed by atoms with Gasteiger partial charge in [-0.15, -0.1) is 0 Å². The smallest absolute Gasteiger partial charge is 0.356 e. The lowest BCUT2D eigenvalue weighted by atomic mass is 10.1. The SMILES string of the molecule is O=C1CC(NC(=O)C(F)(F)F)CCN1. The molecular formula is C7H9F3N2O2. The van der Waals surface area contributed by atoms with E-state index < -0.39 is 18.1 Å². The highest BCUT2D eigenvalue weighted by Gasteiger charge is 2.40.